The van der Waals surface area contributed by atoms with Gasteiger partial charge < -0.3 is 9.73 Å². The molecule has 98 valence electrons. The van der Waals surface area contributed by atoms with Gasteiger partial charge in [-0.15, -0.1) is 0 Å². The van der Waals surface area contributed by atoms with Crippen molar-refractivity contribution in [3.63, 3.8) is 0 Å². The summed E-state index contributed by atoms with van der Waals surface area (Å²) in [6, 6.07) is 11.0. The molecule has 0 aliphatic carbocycles. The first kappa shape index (κ1) is 13.8. The van der Waals surface area contributed by atoms with Crippen molar-refractivity contribution in [2.45, 2.75) is 6.54 Å². The molecule has 0 fully saturated rings. The van der Waals surface area contributed by atoms with Crippen LogP contribution >= 0.6 is 28.1 Å². The lowest BCUT2D eigenvalue weighted by Gasteiger charge is -2.09. The Morgan fingerprint density at radius 2 is 2.05 bits per heavy atom. The Bertz CT molecular complexity index is 584. The summed E-state index contributed by atoms with van der Waals surface area (Å²) in [7, 11) is 0. The van der Waals surface area contributed by atoms with Crippen LogP contribution in [0, 0.1) is 0 Å². The van der Waals surface area contributed by atoms with Gasteiger partial charge in [0, 0.05) is 11.0 Å². The molecule has 1 aromatic heterocycles. The van der Waals surface area contributed by atoms with E-state index in [1.54, 1.807) is 12.1 Å². The molecule has 1 amide bonds. The summed E-state index contributed by atoms with van der Waals surface area (Å²) in [5, 5.41) is 5.77. The van der Waals surface area contributed by atoms with Gasteiger partial charge in [0.25, 0.3) is 5.91 Å². The molecule has 0 atom stereocenters. The summed E-state index contributed by atoms with van der Waals surface area (Å²) >= 11 is 8.49. The molecule has 0 aliphatic rings. The second kappa shape index (κ2) is 6.49. The zero-order valence-corrected chi connectivity index (χ0v) is 12.3. The van der Waals surface area contributed by atoms with Gasteiger partial charge >= 0.3 is 0 Å². The van der Waals surface area contributed by atoms with Crippen molar-refractivity contribution in [3.8, 4) is 0 Å². The maximum atomic E-state index is 11.7. The summed E-state index contributed by atoms with van der Waals surface area (Å²) in [6.45, 7) is 0.526. The third-order valence-corrected chi connectivity index (χ3v) is 3.39. The number of nitrogens with one attached hydrogen (secondary N) is 2. The molecule has 2 N–H and O–H groups in total. The average molecular weight is 339 g/mol. The highest BCUT2D eigenvalue weighted by atomic mass is 79.9. The van der Waals surface area contributed by atoms with Crippen molar-refractivity contribution >= 4 is 39.2 Å². The van der Waals surface area contributed by atoms with E-state index in [9.17, 15) is 4.79 Å². The first-order valence-electron chi connectivity index (χ1n) is 5.53. The topological polar surface area (TPSA) is 54.3 Å². The first-order valence-corrected chi connectivity index (χ1v) is 6.73. The Labute approximate surface area is 124 Å². The van der Waals surface area contributed by atoms with Crippen molar-refractivity contribution in [2.75, 3.05) is 0 Å². The van der Waals surface area contributed by atoms with Gasteiger partial charge in [0.15, 0.2) is 10.9 Å². The van der Waals surface area contributed by atoms with Crippen LogP contribution in [0.25, 0.3) is 0 Å². The summed E-state index contributed by atoms with van der Waals surface area (Å²) in [4.78, 5) is 11.7. The molecule has 2 aromatic rings. The van der Waals surface area contributed by atoms with E-state index < -0.39 is 0 Å². The molecule has 0 aliphatic heterocycles. The van der Waals surface area contributed by atoms with Crippen molar-refractivity contribution in [1.29, 1.82) is 0 Å². The molecule has 1 aromatic carbocycles. The Morgan fingerprint density at radius 1 is 1.26 bits per heavy atom. The molecule has 0 spiro atoms. The highest BCUT2D eigenvalue weighted by molar-refractivity contribution is 9.10. The minimum Gasteiger partial charge on any atom is -0.459 e. The second-order valence-electron chi connectivity index (χ2n) is 3.71. The SMILES string of the molecule is O=C(NC(=S)NCc1ccccc1Br)c1ccco1. The lowest BCUT2D eigenvalue weighted by Crippen LogP contribution is -2.38. The van der Waals surface area contributed by atoms with Crippen LogP contribution in [0.1, 0.15) is 16.1 Å². The fourth-order valence-corrected chi connectivity index (χ4v) is 2.02. The fourth-order valence-electron chi connectivity index (χ4n) is 1.43. The van der Waals surface area contributed by atoms with E-state index in [4.69, 9.17) is 16.6 Å². The zero-order chi connectivity index (χ0) is 13.7. The number of thiocarbonyl (C=S) groups is 1. The average Bonchev–Trinajstić information content (AvgIpc) is 2.91. The summed E-state index contributed by atoms with van der Waals surface area (Å²) in [5.41, 5.74) is 1.05. The van der Waals surface area contributed by atoms with Crippen LogP contribution in [0.4, 0.5) is 0 Å². The molecule has 4 nitrogen and oxygen atoms in total. The molecule has 0 saturated carbocycles. The van der Waals surface area contributed by atoms with Gasteiger partial charge in [-0.05, 0) is 36.0 Å². The van der Waals surface area contributed by atoms with Crippen molar-refractivity contribution in [1.82, 2.24) is 10.6 Å². The Balaban J connectivity index is 1.85. The molecule has 2 rings (SSSR count). The molecular weight excluding hydrogens is 328 g/mol. The Kier molecular flexibility index (Phi) is 4.70. The minimum absolute atomic E-state index is 0.227. The minimum atomic E-state index is -0.366. The van der Waals surface area contributed by atoms with Gasteiger partial charge in [0.2, 0.25) is 0 Å². The number of halogens is 1. The lowest BCUT2D eigenvalue weighted by atomic mass is 10.2. The molecular formula is C13H11BrN2O2S. The van der Waals surface area contributed by atoms with Crippen LogP contribution < -0.4 is 10.6 Å². The zero-order valence-electron chi connectivity index (χ0n) is 9.85. The lowest BCUT2D eigenvalue weighted by molar-refractivity contribution is 0.0949. The van der Waals surface area contributed by atoms with Crippen LogP contribution in [0.3, 0.4) is 0 Å². The van der Waals surface area contributed by atoms with E-state index in [0.717, 1.165) is 10.0 Å². The van der Waals surface area contributed by atoms with Crippen LogP contribution in [-0.4, -0.2) is 11.0 Å². The monoisotopic (exact) mass is 338 g/mol. The van der Waals surface area contributed by atoms with Crippen LogP contribution in [0.15, 0.2) is 51.6 Å². The first-order chi connectivity index (χ1) is 9.16. The number of hydrogen-bond acceptors (Lipinski definition) is 3. The van der Waals surface area contributed by atoms with Crippen molar-refractivity contribution in [3.05, 3.63) is 58.5 Å². The summed E-state index contributed by atoms with van der Waals surface area (Å²) < 4.78 is 5.96. The third kappa shape index (κ3) is 3.90. The van der Waals surface area contributed by atoms with Crippen molar-refractivity contribution < 1.29 is 9.21 Å². The third-order valence-electron chi connectivity index (χ3n) is 2.37. The van der Waals surface area contributed by atoms with Crippen molar-refractivity contribution in [2.24, 2.45) is 0 Å². The van der Waals surface area contributed by atoms with E-state index in [-0.39, 0.29) is 16.8 Å². The number of carbonyl (C=O) groups excluding carboxylic acids is 1. The van der Waals surface area contributed by atoms with E-state index in [0.29, 0.717) is 6.54 Å². The number of benzene rings is 1. The Hall–Kier alpha value is -1.66. The van der Waals surface area contributed by atoms with Gasteiger partial charge in [-0.1, -0.05) is 34.1 Å². The summed E-state index contributed by atoms with van der Waals surface area (Å²) in [6.07, 6.45) is 1.44. The highest BCUT2D eigenvalue weighted by Gasteiger charge is 2.10. The molecule has 0 bridgehead atoms. The number of hydrogen-bond donors (Lipinski definition) is 2. The van der Waals surface area contributed by atoms with Gasteiger partial charge in [0.1, 0.15) is 0 Å². The standard InChI is InChI=1S/C13H11BrN2O2S/c14-10-5-2-1-4-9(10)8-15-13(19)16-12(17)11-6-3-7-18-11/h1-7H,8H2,(H2,15,16,17,19). The molecule has 0 radical (unpaired) electrons. The molecule has 0 saturated heterocycles. The normalized spacial score (nSPS) is 9.95. The van der Waals surface area contributed by atoms with Gasteiger partial charge in [-0.3, -0.25) is 10.1 Å². The van der Waals surface area contributed by atoms with Crippen LogP contribution in [0.2, 0.25) is 0 Å². The number of furan rings is 1. The van der Waals surface area contributed by atoms with Gasteiger partial charge in [-0.2, -0.15) is 0 Å². The molecule has 6 heteroatoms. The quantitative estimate of drug-likeness (QED) is 0.845. The number of carbonyl (C=O) groups is 1. The Morgan fingerprint density at radius 3 is 2.74 bits per heavy atom. The smallest absolute Gasteiger partial charge is 0.293 e. The number of rotatable bonds is 3. The summed E-state index contributed by atoms with van der Waals surface area (Å²) in [5.74, 6) is -0.139. The molecule has 19 heavy (non-hydrogen) atoms. The number of amides is 1. The van der Waals surface area contributed by atoms with Crippen LogP contribution in [0.5, 0.6) is 0 Å². The largest absolute Gasteiger partial charge is 0.459 e. The van der Waals surface area contributed by atoms with Gasteiger partial charge in [0.05, 0.1) is 6.26 Å². The van der Waals surface area contributed by atoms with E-state index in [1.807, 2.05) is 24.3 Å². The van der Waals surface area contributed by atoms with E-state index in [2.05, 4.69) is 26.6 Å². The maximum absolute atomic E-state index is 11.7. The fraction of sp³-hybridized carbons (Fsp3) is 0.0769. The second-order valence-corrected chi connectivity index (χ2v) is 4.97. The maximum Gasteiger partial charge on any atom is 0.293 e. The predicted molar refractivity (Wildman–Crippen MR) is 79.8 cm³/mol. The van der Waals surface area contributed by atoms with E-state index in [1.165, 1.54) is 6.26 Å². The molecule has 0 unspecified atom stereocenters. The predicted octanol–water partition coefficient (Wildman–Crippen LogP) is 2.85. The highest BCUT2D eigenvalue weighted by Crippen LogP contribution is 2.15. The van der Waals surface area contributed by atoms with Crippen LogP contribution in [-0.2, 0) is 6.54 Å². The van der Waals surface area contributed by atoms with Gasteiger partial charge in [-0.25, -0.2) is 0 Å². The molecule has 1 heterocycles. The van der Waals surface area contributed by atoms with E-state index >= 15 is 0 Å².